The standard InChI is InChI=1S/C18H31NO2/c1-14(18(5,6)15-10-8-7-9-11-15)19-12-16(20)13-21-17(2,3)4/h7-11,14,16,19-20H,12-13H2,1-6H3. The minimum absolute atomic E-state index is 0.00582. The molecule has 120 valence electrons. The van der Waals surface area contributed by atoms with Crippen molar-refractivity contribution >= 4 is 0 Å². The Kier molecular flexibility index (Phi) is 6.39. The summed E-state index contributed by atoms with van der Waals surface area (Å²) >= 11 is 0. The third-order valence-corrected chi connectivity index (χ3v) is 3.97. The summed E-state index contributed by atoms with van der Waals surface area (Å²) in [4.78, 5) is 0. The molecule has 0 aromatic heterocycles. The lowest BCUT2D eigenvalue weighted by atomic mass is 9.78. The summed E-state index contributed by atoms with van der Waals surface area (Å²) in [6, 6.07) is 10.7. The van der Waals surface area contributed by atoms with E-state index in [-0.39, 0.29) is 17.1 Å². The SMILES string of the molecule is CC(NCC(O)COC(C)(C)C)C(C)(C)c1ccccc1. The second-order valence-electron chi connectivity index (χ2n) is 7.29. The number of aliphatic hydroxyl groups is 1. The molecule has 0 heterocycles. The molecule has 0 saturated carbocycles. The van der Waals surface area contributed by atoms with Gasteiger partial charge in [-0.15, -0.1) is 0 Å². The monoisotopic (exact) mass is 293 g/mol. The Bertz CT molecular complexity index is 409. The van der Waals surface area contributed by atoms with Crippen LogP contribution in [0, 0.1) is 0 Å². The summed E-state index contributed by atoms with van der Waals surface area (Å²) in [7, 11) is 0. The predicted octanol–water partition coefficient (Wildman–Crippen LogP) is 3.12. The van der Waals surface area contributed by atoms with Crippen molar-refractivity contribution in [3.63, 3.8) is 0 Å². The fraction of sp³-hybridized carbons (Fsp3) is 0.667. The number of ether oxygens (including phenoxy) is 1. The molecule has 0 aliphatic heterocycles. The average Bonchev–Trinajstić information content (AvgIpc) is 2.42. The van der Waals surface area contributed by atoms with Crippen molar-refractivity contribution in [2.45, 2.75) is 64.7 Å². The third kappa shape index (κ3) is 6.16. The molecule has 0 aliphatic rings. The van der Waals surface area contributed by atoms with E-state index in [9.17, 15) is 5.11 Å². The van der Waals surface area contributed by atoms with Gasteiger partial charge in [-0.3, -0.25) is 0 Å². The van der Waals surface area contributed by atoms with Crippen molar-refractivity contribution < 1.29 is 9.84 Å². The number of hydrogen-bond acceptors (Lipinski definition) is 3. The molecule has 2 atom stereocenters. The Morgan fingerprint density at radius 3 is 2.19 bits per heavy atom. The van der Waals surface area contributed by atoms with Gasteiger partial charge in [0.25, 0.3) is 0 Å². The van der Waals surface area contributed by atoms with E-state index in [0.29, 0.717) is 13.2 Å². The lowest BCUT2D eigenvalue weighted by molar-refractivity contribution is -0.0486. The zero-order valence-corrected chi connectivity index (χ0v) is 14.3. The Hall–Kier alpha value is -0.900. The van der Waals surface area contributed by atoms with Gasteiger partial charge in [-0.25, -0.2) is 0 Å². The zero-order valence-electron chi connectivity index (χ0n) is 14.3. The van der Waals surface area contributed by atoms with Crippen LogP contribution in [-0.2, 0) is 10.2 Å². The maximum atomic E-state index is 10.0. The van der Waals surface area contributed by atoms with Crippen LogP contribution >= 0.6 is 0 Å². The average molecular weight is 293 g/mol. The summed E-state index contributed by atoms with van der Waals surface area (Å²) in [6.07, 6.45) is -0.488. The summed E-state index contributed by atoms with van der Waals surface area (Å²) in [5.41, 5.74) is 1.09. The van der Waals surface area contributed by atoms with Gasteiger partial charge in [0.15, 0.2) is 0 Å². The quantitative estimate of drug-likeness (QED) is 0.811. The van der Waals surface area contributed by atoms with E-state index >= 15 is 0 Å². The molecule has 0 radical (unpaired) electrons. The normalized spacial score (nSPS) is 15.8. The lowest BCUT2D eigenvalue weighted by Gasteiger charge is -2.34. The minimum atomic E-state index is -0.488. The number of nitrogens with one attached hydrogen (secondary N) is 1. The van der Waals surface area contributed by atoms with Crippen LogP contribution in [0.15, 0.2) is 30.3 Å². The van der Waals surface area contributed by atoms with Crippen LogP contribution in [0.1, 0.15) is 47.1 Å². The van der Waals surface area contributed by atoms with Crippen molar-refractivity contribution in [1.29, 1.82) is 0 Å². The highest BCUT2D eigenvalue weighted by Crippen LogP contribution is 2.26. The fourth-order valence-electron chi connectivity index (χ4n) is 2.09. The number of rotatable bonds is 7. The van der Waals surface area contributed by atoms with E-state index in [0.717, 1.165) is 0 Å². The molecule has 2 unspecified atom stereocenters. The van der Waals surface area contributed by atoms with E-state index < -0.39 is 6.10 Å². The van der Waals surface area contributed by atoms with E-state index in [4.69, 9.17) is 4.74 Å². The molecule has 0 spiro atoms. The van der Waals surface area contributed by atoms with Gasteiger partial charge in [0.2, 0.25) is 0 Å². The van der Waals surface area contributed by atoms with Gasteiger partial charge >= 0.3 is 0 Å². The van der Waals surface area contributed by atoms with Gasteiger partial charge in [-0.2, -0.15) is 0 Å². The Morgan fingerprint density at radius 2 is 1.67 bits per heavy atom. The van der Waals surface area contributed by atoms with Crippen LogP contribution in [0.2, 0.25) is 0 Å². The third-order valence-electron chi connectivity index (χ3n) is 3.97. The summed E-state index contributed by atoms with van der Waals surface area (Å²) in [5, 5.41) is 13.4. The van der Waals surface area contributed by atoms with Crippen molar-refractivity contribution in [1.82, 2.24) is 5.32 Å². The number of aliphatic hydroxyl groups excluding tert-OH is 1. The molecule has 1 aromatic rings. The van der Waals surface area contributed by atoms with E-state index in [1.807, 2.05) is 26.8 Å². The lowest BCUT2D eigenvalue weighted by Crippen LogP contribution is -2.46. The second-order valence-corrected chi connectivity index (χ2v) is 7.29. The maximum absolute atomic E-state index is 10.0. The first-order chi connectivity index (χ1) is 9.63. The Morgan fingerprint density at radius 1 is 1.10 bits per heavy atom. The van der Waals surface area contributed by atoms with Crippen molar-refractivity contribution in [3.05, 3.63) is 35.9 Å². The highest BCUT2D eigenvalue weighted by atomic mass is 16.5. The first kappa shape index (κ1) is 18.1. The molecular weight excluding hydrogens is 262 g/mol. The molecule has 3 nitrogen and oxygen atoms in total. The maximum Gasteiger partial charge on any atom is 0.0898 e. The first-order valence-corrected chi connectivity index (χ1v) is 7.74. The van der Waals surface area contributed by atoms with E-state index in [2.05, 4.69) is 50.4 Å². The Labute approximate surface area is 129 Å². The highest BCUT2D eigenvalue weighted by Gasteiger charge is 2.27. The van der Waals surface area contributed by atoms with E-state index in [1.165, 1.54) is 5.56 Å². The molecule has 0 fully saturated rings. The summed E-state index contributed by atoms with van der Waals surface area (Å²) in [5.74, 6) is 0. The minimum Gasteiger partial charge on any atom is -0.389 e. The van der Waals surface area contributed by atoms with Gasteiger partial charge in [0.1, 0.15) is 0 Å². The first-order valence-electron chi connectivity index (χ1n) is 7.74. The topological polar surface area (TPSA) is 41.5 Å². The molecule has 0 amide bonds. The Balaban J connectivity index is 2.48. The van der Waals surface area contributed by atoms with Gasteiger partial charge < -0.3 is 15.2 Å². The molecule has 0 saturated heterocycles. The van der Waals surface area contributed by atoms with E-state index in [1.54, 1.807) is 0 Å². The fourth-order valence-corrected chi connectivity index (χ4v) is 2.09. The van der Waals surface area contributed by atoms with Gasteiger partial charge in [0.05, 0.1) is 18.3 Å². The molecule has 0 bridgehead atoms. The van der Waals surface area contributed by atoms with Crippen LogP contribution in [0.3, 0.4) is 0 Å². The molecule has 3 heteroatoms. The summed E-state index contributed by atoms with van der Waals surface area (Å²) in [6.45, 7) is 13.5. The van der Waals surface area contributed by atoms with Crippen LogP contribution in [-0.4, -0.2) is 36.0 Å². The molecule has 1 rings (SSSR count). The van der Waals surface area contributed by atoms with Crippen LogP contribution in [0.5, 0.6) is 0 Å². The predicted molar refractivity (Wildman–Crippen MR) is 88.6 cm³/mol. The van der Waals surface area contributed by atoms with Gasteiger partial charge in [-0.1, -0.05) is 44.2 Å². The smallest absolute Gasteiger partial charge is 0.0898 e. The largest absolute Gasteiger partial charge is 0.389 e. The van der Waals surface area contributed by atoms with Crippen molar-refractivity contribution in [3.8, 4) is 0 Å². The molecular formula is C18H31NO2. The van der Waals surface area contributed by atoms with Gasteiger partial charge in [-0.05, 0) is 33.3 Å². The molecule has 0 aliphatic carbocycles. The number of hydrogen-bond donors (Lipinski definition) is 2. The van der Waals surface area contributed by atoms with Crippen molar-refractivity contribution in [2.24, 2.45) is 0 Å². The molecule has 21 heavy (non-hydrogen) atoms. The highest BCUT2D eigenvalue weighted by molar-refractivity contribution is 5.25. The molecule has 2 N–H and O–H groups in total. The number of benzene rings is 1. The van der Waals surface area contributed by atoms with Crippen LogP contribution in [0.4, 0.5) is 0 Å². The van der Waals surface area contributed by atoms with Crippen molar-refractivity contribution in [2.75, 3.05) is 13.2 Å². The molecule has 1 aromatic carbocycles. The second kappa shape index (κ2) is 7.39. The van der Waals surface area contributed by atoms with Crippen LogP contribution in [0.25, 0.3) is 0 Å². The summed E-state index contributed by atoms with van der Waals surface area (Å²) < 4.78 is 5.60. The van der Waals surface area contributed by atoms with Crippen LogP contribution < -0.4 is 5.32 Å². The van der Waals surface area contributed by atoms with Gasteiger partial charge in [0, 0.05) is 18.0 Å². The zero-order chi connectivity index (χ0) is 16.1.